The van der Waals surface area contributed by atoms with Crippen molar-refractivity contribution in [3.05, 3.63) is 96.6 Å². The summed E-state index contributed by atoms with van der Waals surface area (Å²) in [5.41, 5.74) is 6.95. The van der Waals surface area contributed by atoms with Crippen molar-refractivity contribution in [2.75, 3.05) is 10.9 Å². The van der Waals surface area contributed by atoms with E-state index in [1.165, 1.54) is 0 Å². The Hall–Kier alpha value is -3.54. The predicted molar refractivity (Wildman–Crippen MR) is 107 cm³/mol. The molecule has 0 amide bonds. The summed E-state index contributed by atoms with van der Waals surface area (Å²) in [6, 6.07) is 26.8. The highest BCUT2D eigenvalue weighted by Crippen LogP contribution is 2.13. The maximum Gasteiger partial charge on any atom is 0.284 e. The molecule has 0 radical (unpaired) electrons. The number of hydrazone groups is 2. The van der Waals surface area contributed by atoms with Gasteiger partial charge in [-0.1, -0.05) is 66.7 Å². The Morgan fingerprint density at radius 1 is 0.630 bits per heavy atom. The molecule has 0 unspecified atom stereocenters. The fourth-order valence-electron chi connectivity index (χ4n) is 2.34. The Balaban J connectivity index is 1.95. The van der Waals surface area contributed by atoms with E-state index < -0.39 is 12.1 Å². The highest BCUT2D eigenvalue weighted by molar-refractivity contribution is 6.49. The van der Waals surface area contributed by atoms with E-state index in [0.29, 0.717) is 16.9 Å². The standard InChI is InChI=1S/C21H18F2N4/c22-21(23)20(27-25-18-14-8-3-9-15-18)19(16-10-4-1-5-11-16)26-24-17-12-6-2-7-13-17/h1-15,21,24-25H/b26-19+,27-20-. The summed E-state index contributed by atoms with van der Waals surface area (Å²) in [4.78, 5) is 0. The van der Waals surface area contributed by atoms with Gasteiger partial charge in [0.05, 0.1) is 11.4 Å². The molecule has 3 rings (SSSR count). The minimum atomic E-state index is -2.81. The first-order chi connectivity index (χ1) is 13.2. The largest absolute Gasteiger partial charge is 0.284 e. The molecular formula is C21H18F2N4. The van der Waals surface area contributed by atoms with Crippen molar-refractivity contribution >= 4 is 22.8 Å². The number of rotatable bonds is 7. The zero-order valence-electron chi connectivity index (χ0n) is 14.4. The van der Waals surface area contributed by atoms with Crippen LogP contribution in [-0.4, -0.2) is 17.8 Å². The van der Waals surface area contributed by atoms with Crippen LogP contribution in [0.2, 0.25) is 0 Å². The third kappa shape index (κ3) is 5.22. The van der Waals surface area contributed by atoms with Gasteiger partial charge in [-0.25, -0.2) is 8.78 Å². The van der Waals surface area contributed by atoms with Crippen LogP contribution in [0, 0.1) is 0 Å². The fourth-order valence-corrected chi connectivity index (χ4v) is 2.34. The Morgan fingerprint density at radius 3 is 1.56 bits per heavy atom. The van der Waals surface area contributed by atoms with Gasteiger partial charge in [0.1, 0.15) is 5.71 Å². The molecule has 6 heteroatoms. The fraction of sp³-hybridized carbons (Fsp3) is 0.0476. The lowest BCUT2D eigenvalue weighted by Crippen LogP contribution is -2.26. The smallest absolute Gasteiger partial charge is 0.278 e. The summed E-state index contributed by atoms with van der Waals surface area (Å²) in [5, 5.41) is 8.14. The van der Waals surface area contributed by atoms with Gasteiger partial charge in [0, 0.05) is 5.56 Å². The number of hydrogen-bond donors (Lipinski definition) is 2. The van der Waals surface area contributed by atoms with E-state index >= 15 is 0 Å². The Labute approximate surface area is 156 Å². The number of anilines is 2. The van der Waals surface area contributed by atoms with E-state index in [0.717, 1.165) is 0 Å². The minimum absolute atomic E-state index is 0.0675. The van der Waals surface area contributed by atoms with E-state index in [1.807, 2.05) is 30.3 Å². The highest BCUT2D eigenvalue weighted by Gasteiger charge is 2.22. The lowest BCUT2D eigenvalue weighted by atomic mass is 10.1. The van der Waals surface area contributed by atoms with Crippen LogP contribution in [-0.2, 0) is 0 Å². The van der Waals surface area contributed by atoms with E-state index in [-0.39, 0.29) is 5.71 Å². The average Bonchev–Trinajstić information content (AvgIpc) is 2.72. The number of halogens is 2. The number of para-hydroxylation sites is 2. The lowest BCUT2D eigenvalue weighted by Gasteiger charge is -2.11. The van der Waals surface area contributed by atoms with Gasteiger partial charge in [0.25, 0.3) is 6.43 Å². The summed E-state index contributed by atoms with van der Waals surface area (Å²) in [5.74, 6) is 0. The molecule has 3 aromatic carbocycles. The van der Waals surface area contributed by atoms with Gasteiger partial charge in [0.15, 0.2) is 5.71 Å². The maximum absolute atomic E-state index is 13.8. The second-order valence-electron chi connectivity index (χ2n) is 5.58. The molecule has 0 bridgehead atoms. The number of nitrogens with zero attached hydrogens (tertiary/aromatic N) is 2. The molecule has 136 valence electrons. The average molecular weight is 364 g/mol. The number of alkyl halides is 2. The minimum Gasteiger partial charge on any atom is -0.278 e. The number of benzene rings is 3. The van der Waals surface area contributed by atoms with Gasteiger partial charge in [0.2, 0.25) is 0 Å². The van der Waals surface area contributed by atoms with Gasteiger partial charge in [-0.2, -0.15) is 10.2 Å². The highest BCUT2D eigenvalue weighted by atomic mass is 19.3. The predicted octanol–water partition coefficient (Wildman–Crippen LogP) is 5.24. The van der Waals surface area contributed by atoms with Gasteiger partial charge in [-0.3, -0.25) is 10.9 Å². The van der Waals surface area contributed by atoms with Gasteiger partial charge < -0.3 is 0 Å². The Kier molecular flexibility index (Phi) is 6.25. The second kappa shape index (κ2) is 9.24. The topological polar surface area (TPSA) is 48.8 Å². The molecular weight excluding hydrogens is 346 g/mol. The molecule has 0 aliphatic rings. The third-order valence-electron chi connectivity index (χ3n) is 3.65. The molecule has 0 saturated carbocycles. The van der Waals surface area contributed by atoms with Crippen molar-refractivity contribution < 1.29 is 8.78 Å². The molecule has 0 spiro atoms. The van der Waals surface area contributed by atoms with Crippen LogP contribution in [0.1, 0.15) is 5.56 Å². The molecule has 0 atom stereocenters. The second-order valence-corrected chi connectivity index (χ2v) is 5.58. The van der Waals surface area contributed by atoms with Crippen molar-refractivity contribution in [1.29, 1.82) is 0 Å². The van der Waals surface area contributed by atoms with Crippen molar-refractivity contribution in [3.63, 3.8) is 0 Å². The van der Waals surface area contributed by atoms with Crippen LogP contribution in [0.25, 0.3) is 0 Å². The van der Waals surface area contributed by atoms with Crippen LogP contribution in [0.3, 0.4) is 0 Å². The van der Waals surface area contributed by atoms with Gasteiger partial charge in [-0.15, -0.1) is 0 Å². The number of hydrogen-bond acceptors (Lipinski definition) is 4. The summed E-state index contributed by atoms with van der Waals surface area (Å²) >= 11 is 0. The normalized spacial score (nSPS) is 12.1. The first-order valence-corrected chi connectivity index (χ1v) is 8.35. The number of nitrogens with one attached hydrogen (secondary N) is 2. The summed E-state index contributed by atoms with van der Waals surface area (Å²) in [6.07, 6.45) is -2.81. The molecule has 3 aromatic rings. The molecule has 0 saturated heterocycles. The van der Waals surface area contributed by atoms with E-state index in [1.54, 1.807) is 60.7 Å². The summed E-state index contributed by atoms with van der Waals surface area (Å²) in [7, 11) is 0. The lowest BCUT2D eigenvalue weighted by molar-refractivity contribution is 0.228. The SMILES string of the molecule is FC(F)C(=N\Nc1ccccc1)/C(=N/Nc1ccccc1)c1ccccc1. The first-order valence-electron chi connectivity index (χ1n) is 8.35. The van der Waals surface area contributed by atoms with Crippen LogP contribution in [0.5, 0.6) is 0 Å². The maximum atomic E-state index is 13.8. The summed E-state index contributed by atoms with van der Waals surface area (Å²) in [6.45, 7) is 0. The van der Waals surface area contributed by atoms with Crippen molar-refractivity contribution in [3.8, 4) is 0 Å². The first kappa shape index (κ1) is 18.3. The van der Waals surface area contributed by atoms with Gasteiger partial charge >= 0.3 is 0 Å². The zero-order valence-corrected chi connectivity index (χ0v) is 14.4. The molecule has 0 fully saturated rings. The van der Waals surface area contributed by atoms with Crippen molar-refractivity contribution in [2.45, 2.75) is 6.43 Å². The molecule has 0 aromatic heterocycles. The van der Waals surface area contributed by atoms with Crippen molar-refractivity contribution in [1.82, 2.24) is 0 Å². The van der Waals surface area contributed by atoms with Crippen molar-refractivity contribution in [2.24, 2.45) is 10.2 Å². The zero-order chi connectivity index (χ0) is 18.9. The molecule has 4 nitrogen and oxygen atoms in total. The Morgan fingerprint density at radius 2 is 1.07 bits per heavy atom. The van der Waals surface area contributed by atoms with E-state index in [9.17, 15) is 8.78 Å². The molecule has 0 aliphatic heterocycles. The van der Waals surface area contributed by atoms with E-state index in [4.69, 9.17) is 0 Å². The van der Waals surface area contributed by atoms with Gasteiger partial charge in [-0.05, 0) is 24.3 Å². The summed E-state index contributed by atoms with van der Waals surface area (Å²) < 4.78 is 27.6. The monoisotopic (exact) mass is 364 g/mol. The Bertz CT molecular complexity index is 895. The third-order valence-corrected chi connectivity index (χ3v) is 3.65. The van der Waals surface area contributed by atoms with E-state index in [2.05, 4.69) is 21.1 Å². The molecule has 0 aliphatic carbocycles. The molecule has 2 N–H and O–H groups in total. The molecule has 27 heavy (non-hydrogen) atoms. The van der Waals surface area contributed by atoms with Crippen LogP contribution in [0.15, 0.2) is 101 Å². The quantitative estimate of drug-likeness (QED) is 0.445. The van der Waals surface area contributed by atoms with Crippen LogP contribution < -0.4 is 10.9 Å². The van der Waals surface area contributed by atoms with Crippen LogP contribution >= 0.6 is 0 Å². The van der Waals surface area contributed by atoms with Crippen LogP contribution in [0.4, 0.5) is 20.2 Å². The molecule has 0 heterocycles.